The van der Waals surface area contributed by atoms with Gasteiger partial charge in [-0.25, -0.2) is 4.79 Å². The maximum Gasteiger partial charge on any atom is 0.471 e. The minimum Gasteiger partial charge on any atom is -0.469 e. The van der Waals surface area contributed by atoms with Crippen molar-refractivity contribution in [2.75, 3.05) is 7.11 Å². The third-order valence-corrected chi connectivity index (χ3v) is 2.12. The van der Waals surface area contributed by atoms with Gasteiger partial charge < -0.3 is 14.8 Å². The van der Waals surface area contributed by atoms with Crippen molar-refractivity contribution < 1.29 is 37.0 Å². The predicted molar refractivity (Wildman–Crippen MR) is 65.1 cm³/mol. The summed E-state index contributed by atoms with van der Waals surface area (Å²) in [5.41, 5.74) is -0.941. The van der Waals surface area contributed by atoms with E-state index in [4.69, 9.17) is 4.74 Å². The molecule has 0 radical (unpaired) electrons. The van der Waals surface area contributed by atoms with Crippen molar-refractivity contribution in [1.82, 2.24) is 5.32 Å². The maximum absolute atomic E-state index is 12.2. The number of hydrogen-bond donors (Lipinski definition) is 1. The van der Waals surface area contributed by atoms with Crippen molar-refractivity contribution >= 4 is 17.8 Å². The SMILES string of the molecule is COC(=O)CCC(NC(=O)C(F)(F)F)C(=O)OC(C)(C)C. The van der Waals surface area contributed by atoms with Crippen LogP contribution in [-0.2, 0) is 23.9 Å². The molecule has 6 nitrogen and oxygen atoms in total. The lowest BCUT2D eigenvalue weighted by Crippen LogP contribution is -2.48. The Morgan fingerprint density at radius 2 is 1.67 bits per heavy atom. The van der Waals surface area contributed by atoms with Gasteiger partial charge in [-0.2, -0.15) is 13.2 Å². The second kappa shape index (κ2) is 7.28. The Morgan fingerprint density at radius 1 is 1.14 bits per heavy atom. The van der Waals surface area contributed by atoms with Crippen molar-refractivity contribution in [3.05, 3.63) is 0 Å². The van der Waals surface area contributed by atoms with Gasteiger partial charge in [-0.1, -0.05) is 0 Å². The van der Waals surface area contributed by atoms with E-state index < -0.39 is 35.7 Å². The molecule has 0 saturated carbocycles. The van der Waals surface area contributed by atoms with Gasteiger partial charge >= 0.3 is 24.0 Å². The molecule has 0 bridgehead atoms. The molecule has 21 heavy (non-hydrogen) atoms. The van der Waals surface area contributed by atoms with Crippen molar-refractivity contribution in [3.63, 3.8) is 0 Å². The molecule has 0 fully saturated rings. The van der Waals surface area contributed by atoms with Crippen molar-refractivity contribution in [2.45, 2.75) is 51.4 Å². The molecule has 122 valence electrons. The molecule has 0 aromatic carbocycles. The Morgan fingerprint density at radius 3 is 2.05 bits per heavy atom. The lowest BCUT2D eigenvalue weighted by molar-refractivity contribution is -0.177. The van der Waals surface area contributed by atoms with Crippen molar-refractivity contribution in [3.8, 4) is 0 Å². The fourth-order valence-corrected chi connectivity index (χ4v) is 1.23. The molecular formula is C12H18F3NO5. The number of ether oxygens (including phenoxy) is 2. The van der Waals surface area contributed by atoms with Gasteiger partial charge in [0, 0.05) is 6.42 Å². The lowest BCUT2D eigenvalue weighted by atomic mass is 10.1. The van der Waals surface area contributed by atoms with Crippen LogP contribution in [0.1, 0.15) is 33.6 Å². The number of amides is 1. The highest BCUT2D eigenvalue weighted by atomic mass is 19.4. The average Bonchev–Trinajstić information content (AvgIpc) is 2.29. The van der Waals surface area contributed by atoms with Crippen LogP contribution in [0.3, 0.4) is 0 Å². The first-order valence-electron chi connectivity index (χ1n) is 6.04. The molecule has 0 aromatic rings. The standard InChI is InChI=1S/C12H18F3NO5/c1-11(2,3)21-9(18)7(5-6-8(17)20-4)16-10(19)12(13,14)15/h7H,5-6H2,1-4H3,(H,16,19). The van der Waals surface area contributed by atoms with E-state index >= 15 is 0 Å². The Kier molecular flexibility index (Phi) is 6.65. The van der Waals surface area contributed by atoms with Gasteiger partial charge in [0.25, 0.3) is 0 Å². The van der Waals surface area contributed by atoms with Crippen LogP contribution in [0, 0.1) is 0 Å². The number of rotatable bonds is 5. The molecule has 0 aliphatic heterocycles. The van der Waals surface area contributed by atoms with Crippen LogP contribution in [0.15, 0.2) is 0 Å². The first kappa shape index (κ1) is 19.2. The van der Waals surface area contributed by atoms with E-state index in [-0.39, 0.29) is 12.8 Å². The zero-order valence-corrected chi connectivity index (χ0v) is 12.2. The number of methoxy groups -OCH3 is 1. The Bertz CT molecular complexity index is 401. The van der Waals surface area contributed by atoms with Crippen LogP contribution in [-0.4, -0.2) is 42.8 Å². The van der Waals surface area contributed by atoms with E-state index in [0.29, 0.717) is 0 Å². The van der Waals surface area contributed by atoms with E-state index in [1.165, 1.54) is 26.1 Å². The van der Waals surface area contributed by atoms with Gasteiger partial charge in [0.05, 0.1) is 7.11 Å². The molecule has 9 heteroatoms. The van der Waals surface area contributed by atoms with Gasteiger partial charge in [-0.15, -0.1) is 0 Å². The van der Waals surface area contributed by atoms with E-state index in [9.17, 15) is 27.6 Å². The van der Waals surface area contributed by atoms with Gasteiger partial charge in [0.1, 0.15) is 11.6 Å². The van der Waals surface area contributed by atoms with E-state index in [2.05, 4.69) is 4.74 Å². The summed E-state index contributed by atoms with van der Waals surface area (Å²) >= 11 is 0. The lowest BCUT2D eigenvalue weighted by Gasteiger charge is -2.24. The molecule has 0 heterocycles. The number of alkyl halides is 3. The average molecular weight is 313 g/mol. The molecule has 0 aromatic heterocycles. The van der Waals surface area contributed by atoms with Crippen LogP contribution in [0.2, 0.25) is 0 Å². The normalized spacial score (nSPS) is 13.3. The number of carbonyl (C=O) groups excluding carboxylic acids is 3. The fourth-order valence-electron chi connectivity index (χ4n) is 1.23. The molecule has 0 rings (SSSR count). The topological polar surface area (TPSA) is 81.7 Å². The Hall–Kier alpha value is -1.80. The van der Waals surface area contributed by atoms with Gasteiger partial charge in [-0.3, -0.25) is 9.59 Å². The monoisotopic (exact) mass is 313 g/mol. The maximum atomic E-state index is 12.2. The second-order valence-corrected chi connectivity index (χ2v) is 5.17. The molecule has 1 amide bonds. The zero-order valence-electron chi connectivity index (χ0n) is 12.2. The molecule has 0 spiro atoms. The second-order valence-electron chi connectivity index (χ2n) is 5.17. The summed E-state index contributed by atoms with van der Waals surface area (Å²) in [5.74, 6) is -4.04. The van der Waals surface area contributed by atoms with Crippen LogP contribution in [0.4, 0.5) is 13.2 Å². The summed E-state index contributed by atoms with van der Waals surface area (Å²) in [6.45, 7) is 4.57. The molecular weight excluding hydrogens is 295 g/mol. The fraction of sp³-hybridized carbons (Fsp3) is 0.750. The predicted octanol–water partition coefficient (Wildman–Crippen LogP) is 1.33. The summed E-state index contributed by atoms with van der Waals surface area (Å²) in [7, 11) is 1.10. The van der Waals surface area contributed by atoms with Crippen molar-refractivity contribution in [1.29, 1.82) is 0 Å². The van der Waals surface area contributed by atoms with Crippen LogP contribution in [0.5, 0.6) is 0 Å². The smallest absolute Gasteiger partial charge is 0.469 e. The van der Waals surface area contributed by atoms with Crippen molar-refractivity contribution in [2.24, 2.45) is 0 Å². The summed E-state index contributed by atoms with van der Waals surface area (Å²) < 4.78 is 45.9. The van der Waals surface area contributed by atoms with Crippen LogP contribution >= 0.6 is 0 Å². The van der Waals surface area contributed by atoms with Gasteiger partial charge in [-0.05, 0) is 27.2 Å². The minimum absolute atomic E-state index is 0.335. The zero-order chi connectivity index (χ0) is 16.8. The summed E-state index contributed by atoms with van der Waals surface area (Å²) in [6.07, 6.45) is -5.83. The Labute approximate surface area is 120 Å². The summed E-state index contributed by atoms with van der Waals surface area (Å²) in [4.78, 5) is 33.7. The van der Waals surface area contributed by atoms with Gasteiger partial charge in [0.2, 0.25) is 0 Å². The number of hydrogen-bond acceptors (Lipinski definition) is 5. The quantitative estimate of drug-likeness (QED) is 0.774. The molecule has 0 aliphatic carbocycles. The molecule has 0 aliphatic rings. The molecule has 1 N–H and O–H groups in total. The largest absolute Gasteiger partial charge is 0.471 e. The third kappa shape index (κ3) is 8.16. The highest BCUT2D eigenvalue weighted by Gasteiger charge is 2.41. The first-order chi connectivity index (χ1) is 9.36. The molecule has 1 unspecified atom stereocenters. The molecule has 0 saturated heterocycles. The molecule has 1 atom stereocenters. The number of nitrogens with one attached hydrogen (secondary N) is 1. The number of carbonyl (C=O) groups is 3. The van der Waals surface area contributed by atoms with Crippen LogP contribution < -0.4 is 5.32 Å². The Balaban J connectivity index is 4.88. The third-order valence-electron chi connectivity index (χ3n) is 2.12. The highest BCUT2D eigenvalue weighted by Crippen LogP contribution is 2.16. The van der Waals surface area contributed by atoms with E-state index in [1.807, 2.05) is 0 Å². The number of esters is 2. The minimum atomic E-state index is -5.13. The number of halogens is 3. The summed E-state index contributed by atoms with van der Waals surface area (Å²) in [6, 6.07) is -1.59. The van der Waals surface area contributed by atoms with Gasteiger partial charge in [0.15, 0.2) is 0 Å². The summed E-state index contributed by atoms with van der Waals surface area (Å²) in [5, 5.41) is 1.51. The highest BCUT2D eigenvalue weighted by molar-refractivity contribution is 5.88. The van der Waals surface area contributed by atoms with E-state index in [1.54, 1.807) is 0 Å². The van der Waals surface area contributed by atoms with E-state index in [0.717, 1.165) is 7.11 Å². The van der Waals surface area contributed by atoms with Crippen LogP contribution in [0.25, 0.3) is 0 Å². The first-order valence-corrected chi connectivity index (χ1v) is 6.04.